The van der Waals surface area contributed by atoms with E-state index in [4.69, 9.17) is 9.57 Å². The van der Waals surface area contributed by atoms with Crippen LogP contribution in [0.5, 0.6) is 5.75 Å². The molecule has 2 aliphatic rings. The molecule has 4 rings (SSSR count). The zero-order valence-corrected chi connectivity index (χ0v) is 17.7. The van der Waals surface area contributed by atoms with Crippen molar-refractivity contribution in [3.63, 3.8) is 0 Å². The average Bonchev–Trinajstić information content (AvgIpc) is 2.75. The first-order valence-electron chi connectivity index (χ1n) is 10.3. The first kappa shape index (κ1) is 20.2. The predicted octanol–water partition coefficient (Wildman–Crippen LogP) is 3.02. The van der Waals surface area contributed by atoms with Crippen LogP contribution in [0.2, 0.25) is 0 Å². The first-order chi connectivity index (χ1) is 14.6. The molecule has 0 saturated carbocycles. The maximum absolute atomic E-state index is 12.8. The summed E-state index contributed by atoms with van der Waals surface area (Å²) in [6.45, 7) is 2.43. The summed E-state index contributed by atoms with van der Waals surface area (Å²) < 4.78 is 5.84. The predicted molar refractivity (Wildman–Crippen MR) is 117 cm³/mol. The number of nitrogens with zero attached hydrogens (tertiary/aromatic N) is 3. The Hall–Kier alpha value is -3.06. The molecule has 0 saturated heterocycles. The van der Waals surface area contributed by atoms with Crippen LogP contribution in [-0.4, -0.2) is 57.4 Å². The van der Waals surface area contributed by atoms with Crippen LogP contribution >= 0.6 is 0 Å². The molecular formula is C23H28N4O3. The molecule has 2 aromatic carbocycles. The topological polar surface area (TPSA) is 66.4 Å². The van der Waals surface area contributed by atoms with Crippen LogP contribution in [0.4, 0.5) is 5.69 Å². The Morgan fingerprint density at radius 2 is 1.93 bits per heavy atom. The molecule has 1 unspecified atom stereocenters. The van der Waals surface area contributed by atoms with E-state index in [0.29, 0.717) is 12.2 Å². The Morgan fingerprint density at radius 1 is 1.17 bits per heavy atom. The van der Waals surface area contributed by atoms with E-state index in [9.17, 15) is 4.79 Å². The Bertz CT molecular complexity index is 940. The molecule has 0 bridgehead atoms. The van der Waals surface area contributed by atoms with Gasteiger partial charge in [-0.2, -0.15) is 0 Å². The summed E-state index contributed by atoms with van der Waals surface area (Å²) in [4.78, 5) is 22.2. The third kappa shape index (κ3) is 3.98. The van der Waals surface area contributed by atoms with E-state index in [1.165, 1.54) is 0 Å². The minimum atomic E-state index is -0.224. The molecule has 0 fully saturated rings. The Morgan fingerprint density at radius 3 is 2.67 bits per heavy atom. The molecule has 0 radical (unpaired) electrons. The average molecular weight is 409 g/mol. The minimum absolute atomic E-state index is 0.0734. The lowest BCUT2D eigenvalue weighted by Gasteiger charge is -2.42. The highest BCUT2D eigenvalue weighted by Gasteiger charge is 2.37. The monoisotopic (exact) mass is 408 g/mol. The lowest BCUT2D eigenvalue weighted by molar-refractivity contribution is 0.0926. The molecular weight excluding hydrogens is 380 g/mol. The summed E-state index contributed by atoms with van der Waals surface area (Å²) >= 11 is 0. The molecule has 7 heteroatoms. The van der Waals surface area contributed by atoms with Gasteiger partial charge in [-0.05, 0) is 44.3 Å². The molecule has 0 aliphatic carbocycles. The number of para-hydroxylation sites is 1. The second-order valence-corrected chi connectivity index (χ2v) is 7.82. The smallest absolute Gasteiger partial charge is 0.255 e. The van der Waals surface area contributed by atoms with E-state index in [1.54, 1.807) is 7.11 Å². The molecule has 30 heavy (non-hydrogen) atoms. The number of anilines is 1. The van der Waals surface area contributed by atoms with Crippen LogP contribution in [0, 0.1) is 0 Å². The number of nitrogens with one attached hydrogen (secondary N) is 1. The molecule has 158 valence electrons. The fourth-order valence-electron chi connectivity index (χ4n) is 4.07. The number of rotatable bonds is 7. The van der Waals surface area contributed by atoms with Gasteiger partial charge in [-0.3, -0.25) is 4.79 Å². The highest BCUT2D eigenvalue weighted by molar-refractivity contribution is 6.13. The van der Waals surface area contributed by atoms with Gasteiger partial charge < -0.3 is 24.7 Å². The third-order valence-electron chi connectivity index (χ3n) is 5.46. The second-order valence-electron chi connectivity index (χ2n) is 7.82. The Labute approximate surface area is 177 Å². The van der Waals surface area contributed by atoms with Crippen LogP contribution in [0.3, 0.4) is 0 Å². The van der Waals surface area contributed by atoms with Crippen LogP contribution < -0.4 is 15.0 Å². The lowest BCUT2D eigenvalue weighted by atomic mass is 9.92. The molecule has 2 aromatic rings. The summed E-state index contributed by atoms with van der Waals surface area (Å²) in [5.41, 5.74) is 4.46. The third-order valence-corrected chi connectivity index (χ3v) is 5.46. The summed E-state index contributed by atoms with van der Waals surface area (Å²) in [5.74, 6) is 0.768. The SMILES string of the molecule is CON=C1CCN2c3c(cccc31)C(=O)NC2c1ccc(OCCCN(C)C)cc1. The van der Waals surface area contributed by atoms with Gasteiger partial charge in [0, 0.05) is 25.1 Å². The number of hydrogen-bond donors (Lipinski definition) is 1. The number of hydrogen-bond acceptors (Lipinski definition) is 6. The Kier molecular flexibility index (Phi) is 5.90. The maximum Gasteiger partial charge on any atom is 0.255 e. The molecule has 0 aromatic heterocycles. The van der Waals surface area contributed by atoms with Gasteiger partial charge >= 0.3 is 0 Å². The normalized spacial score (nSPS) is 18.9. The zero-order valence-electron chi connectivity index (χ0n) is 17.7. The van der Waals surface area contributed by atoms with Gasteiger partial charge in [0.2, 0.25) is 0 Å². The summed E-state index contributed by atoms with van der Waals surface area (Å²) in [5, 5.41) is 7.33. The van der Waals surface area contributed by atoms with Gasteiger partial charge in [0.15, 0.2) is 0 Å². The van der Waals surface area contributed by atoms with Gasteiger partial charge in [-0.15, -0.1) is 0 Å². The van der Waals surface area contributed by atoms with Crippen LogP contribution in [0.25, 0.3) is 0 Å². The maximum atomic E-state index is 12.8. The van der Waals surface area contributed by atoms with Crippen molar-refractivity contribution in [2.45, 2.75) is 19.0 Å². The fraction of sp³-hybridized carbons (Fsp3) is 0.391. The van der Waals surface area contributed by atoms with Crippen molar-refractivity contribution in [2.75, 3.05) is 45.8 Å². The van der Waals surface area contributed by atoms with E-state index < -0.39 is 0 Å². The number of carbonyl (C=O) groups excluding carboxylic acids is 1. The number of amides is 1. The highest BCUT2D eigenvalue weighted by Crippen LogP contribution is 2.39. The summed E-state index contributed by atoms with van der Waals surface area (Å²) in [6.07, 6.45) is 1.51. The fourth-order valence-corrected chi connectivity index (χ4v) is 4.07. The van der Waals surface area contributed by atoms with Gasteiger partial charge in [-0.1, -0.05) is 29.4 Å². The number of benzene rings is 2. The van der Waals surface area contributed by atoms with E-state index in [2.05, 4.69) is 34.4 Å². The quantitative estimate of drug-likeness (QED) is 0.564. The molecule has 0 spiro atoms. The summed E-state index contributed by atoms with van der Waals surface area (Å²) in [7, 11) is 5.66. The van der Waals surface area contributed by atoms with E-state index >= 15 is 0 Å². The lowest BCUT2D eigenvalue weighted by Crippen LogP contribution is -2.49. The van der Waals surface area contributed by atoms with Crippen LogP contribution in [0.15, 0.2) is 47.6 Å². The van der Waals surface area contributed by atoms with Gasteiger partial charge in [0.05, 0.1) is 23.6 Å². The molecule has 2 aliphatic heterocycles. The number of carbonyl (C=O) groups is 1. The Balaban J connectivity index is 1.56. The van der Waals surface area contributed by atoms with Crippen molar-refractivity contribution < 1.29 is 14.4 Å². The van der Waals surface area contributed by atoms with Crippen molar-refractivity contribution in [2.24, 2.45) is 5.16 Å². The zero-order chi connectivity index (χ0) is 21.1. The first-order valence-corrected chi connectivity index (χ1v) is 10.3. The van der Waals surface area contributed by atoms with Crippen molar-refractivity contribution in [1.29, 1.82) is 0 Å². The van der Waals surface area contributed by atoms with Gasteiger partial charge in [0.25, 0.3) is 5.91 Å². The van der Waals surface area contributed by atoms with Gasteiger partial charge in [0.1, 0.15) is 19.0 Å². The molecule has 1 amide bonds. The second kappa shape index (κ2) is 8.75. The molecule has 2 heterocycles. The molecule has 1 atom stereocenters. The van der Waals surface area contributed by atoms with Crippen molar-refractivity contribution in [1.82, 2.24) is 10.2 Å². The molecule has 1 N–H and O–H groups in total. The van der Waals surface area contributed by atoms with Crippen LogP contribution in [0.1, 0.15) is 40.5 Å². The van der Waals surface area contributed by atoms with Gasteiger partial charge in [-0.25, -0.2) is 0 Å². The highest BCUT2D eigenvalue weighted by atomic mass is 16.6. The summed E-state index contributed by atoms with van der Waals surface area (Å²) in [6, 6.07) is 13.8. The van der Waals surface area contributed by atoms with E-state index in [-0.39, 0.29) is 12.1 Å². The van der Waals surface area contributed by atoms with Crippen molar-refractivity contribution in [3.8, 4) is 5.75 Å². The molecule has 7 nitrogen and oxygen atoms in total. The van der Waals surface area contributed by atoms with E-state index in [1.807, 2.05) is 42.5 Å². The largest absolute Gasteiger partial charge is 0.494 e. The minimum Gasteiger partial charge on any atom is -0.494 e. The van der Waals surface area contributed by atoms with Crippen LogP contribution in [-0.2, 0) is 4.84 Å². The number of oxime groups is 1. The number of ether oxygens (including phenoxy) is 1. The van der Waals surface area contributed by atoms with Crippen molar-refractivity contribution >= 4 is 17.3 Å². The standard InChI is InChI=1S/C23H28N4O3/c1-26(2)13-5-15-30-17-10-8-16(9-11-17)22-24-23(28)19-7-4-6-18-20(25-29-3)12-14-27(22)21(18)19/h4,6-11,22H,5,12-15H2,1-3H3,(H,24,28). The van der Waals surface area contributed by atoms with Crippen molar-refractivity contribution in [3.05, 3.63) is 59.2 Å². The van der Waals surface area contributed by atoms with E-state index in [0.717, 1.165) is 54.2 Å².